The van der Waals surface area contributed by atoms with E-state index in [1.54, 1.807) is 110 Å². The van der Waals surface area contributed by atoms with Gasteiger partial charge in [0.2, 0.25) is 17.8 Å². The number of carbonyl (C=O) groups is 2. The van der Waals surface area contributed by atoms with Crippen LogP contribution in [0.15, 0.2) is 127 Å². The molecule has 0 aliphatic rings. The normalized spacial score (nSPS) is 10.5. The number of pyridine rings is 5. The van der Waals surface area contributed by atoms with Crippen LogP contribution in [0.3, 0.4) is 0 Å². The molecule has 3 aromatic carbocycles. The average Bonchev–Trinajstić information content (AvgIpc) is 1.76. The highest BCUT2D eigenvalue weighted by atomic mass is 16.7. The molecule has 2 amide bonds. The van der Waals surface area contributed by atoms with Crippen molar-refractivity contribution in [1.82, 2.24) is 73.4 Å². The third-order valence-corrected chi connectivity index (χ3v) is 14.7. The molecular weight excluding hydrogens is 1320 g/mol. The molecule has 0 atom stereocenters. The van der Waals surface area contributed by atoms with Gasteiger partial charge in [0.15, 0.2) is 16.9 Å². The van der Waals surface area contributed by atoms with Gasteiger partial charge in [0.25, 0.3) is 0 Å². The lowest BCUT2D eigenvalue weighted by Gasteiger charge is -2.19. The summed E-state index contributed by atoms with van der Waals surface area (Å²) in [6, 6.07) is 27.1. The van der Waals surface area contributed by atoms with E-state index >= 15 is 0 Å². The predicted octanol–water partition coefficient (Wildman–Crippen LogP) is 12.7. The highest BCUT2D eigenvalue weighted by Crippen LogP contribution is 2.40. The molecule has 0 fully saturated rings. The van der Waals surface area contributed by atoms with Gasteiger partial charge in [-0.2, -0.15) is 4.99 Å². The molecule has 0 spiro atoms. The van der Waals surface area contributed by atoms with Crippen molar-refractivity contribution in [3.05, 3.63) is 156 Å². The SMILES string of the molecule is C.C.CCC.COc1cc(-c2cc(N)c3nnc(C)n3c2)cc(OC)c1CN(C)C.COc1cc(-c2cc(N=C=O)c3nnc(C)n3c2)cc(OC)c1CN(C)C.COc1cc(-c2cc(NC(=O)N(C)C)c3nnc(C)n3c2)cc(OC)c1CN(C)C.O=C(Oc1ccccn1)Oc1ccccn1. The van der Waals surface area contributed by atoms with E-state index in [4.69, 9.17) is 43.6 Å². The minimum absolute atomic E-state index is 0. The zero-order chi connectivity index (χ0) is 73.6. The van der Waals surface area contributed by atoms with Gasteiger partial charge in [-0.3, -0.25) is 13.2 Å². The van der Waals surface area contributed by atoms with Crippen LogP contribution in [0.1, 0.15) is 69.3 Å². The number of anilines is 2. The number of nitrogen functional groups attached to an aromatic ring is 1. The molecule has 8 heterocycles. The number of ether oxygens (including phenoxy) is 8. The van der Waals surface area contributed by atoms with Crippen LogP contribution < -0.4 is 48.9 Å². The van der Waals surface area contributed by atoms with Crippen LogP contribution in [0.2, 0.25) is 0 Å². The molecule has 103 heavy (non-hydrogen) atoms. The van der Waals surface area contributed by atoms with E-state index in [-0.39, 0.29) is 32.6 Å². The van der Waals surface area contributed by atoms with E-state index < -0.39 is 6.16 Å². The summed E-state index contributed by atoms with van der Waals surface area (Å²) in [4.78, 5) is 53.4. The summed E-state index contributed by atoms with van der Waals surface area (Å²) < 4.78 is 48.9. The van der Waals surface area contributed by atoms with Crippen LogP contribution in [0.5, 0.6) is 46.3 Å². The monoisotopic (exact) mass is 1410 g/mol. The third kappa shape index (κ3) is 21.1. The zero-order valence-electron chi connectivity index (χ0n) is 60.6. The average molecular weight is 1410 g/mol. The Kier molecular flexibility index (Phi) is 30.8. The highest BCUT2D eigenvalue weighted by molar-refractivity contribution is 5.94. The zero-order valence-corrected chi connectivity index (χ0v) is 60.6. The second-order valence-corrected chi connectivity index (χ2v) is 23.6. The number of urea groups is 1. The van der Waals surface area contributed by atoms with Gasteiger partial charge >= 0.3 is 12.2 Å². The fraction of sp³-hybridized carbons (Fsp3) is 0.338. The van der Waals surface area contributed by atoms with Crippen molar-refractivity contribution < 1.29 is 52.3 Å². The maximum absolute atomic E-state index is 12.3. The number of nitrogens with zero attached hydrogens (tertiary/aromatic N) is 16. The standard InChI is InChI=1S/C21H28N6O3.C19H21N5O3.C18H23N5O2.C11H8N2O3.C3H8.2CH4/c1-13-23-24-20-17(22-21(28)26(4)5)8-15(11-27(13)20)14-9-18(29-6)16(12-25(2)3)19(10-14)30-7;1-12-21-22-19-16(20-11-25)6-14(9-24(12)19)13-7-17(26-4)15(10-23(2)3)18(8-13)27-5;1-11-20-21-18-15(19)6-13(9-23(11)18)12-7-16(24-4)14(10-22(2)3)17(8-12)25-5;14-11(15-9-5-1-3-7-12-9)16-10-6-2-4-8-13-10;1-3-2;;/h8-11H,12H2,1-7H3,(H,22,28);6-9H,10H2,1-5H3;6-9H,10,19H2,1-5H3;1-8H;3H2,1-2H3;2*1H4. The van der Waals surface area contributed by atoms with E-state index in [2.05, 4.69) is 74.5 Å². The fourth-order valence-corrected chi connectivity index (χ4v) is 10.1. The van der Waals surface area contributed by atoms with E-state index in [9.17, 15) is 14.4 Å². The van der Waals surface area contributed by atoms with Crippen molar-refractivity contribution in [2.75, 3.05) is 110 Å². The van der Waals surface area contributed by atoms with Gasteiger partial charge in [0.1, 0.15) is 57.7 Å². The van der Waals surface area contributed by atoms with Crippen molar-refractivity contribution in [3.63, 3.8) is 0 Å². The molecule has 11 aromatic rings. The molecule has 3 N–H and O–H groups in total. The lowest BCUT2D eigenvalue weighted by atomic mass is 10.0. The van der Waals surface area contributed by atoms with Crippen molar-refractivity contribution in [2.45, 2.75) is 75.5 Å². The van der Waals surface area contributed by atoms with E-state index in [1.165, 1.54) is 23.7 Å². The lowest BCUT2D eigenvalue weighted by molar-refractivity contribution is 0.148. The number of nitrogens with two attached hydrogens (primary N) is 1. The number of methoxy groups -OCH3 is 6. The molecule has 29 heteroatoms. The Morgan fingerprint density at radius 2 is 0.825 bits per heavy atom. The minimum atomic E-state index is -0.864. The quantitative estimate of drug-likeness (QED) is 0.0432. The van der Waals surface area contributed by atoms with Crippen LogP contribution >= 0.6 is 0 Å². The first-order valence-corrected chi connectivity index (χ1v) is 31.7. The van der Waals surface area contributed by atoms with Crippen molar-refractivity contribution in [3.8, 4) is 79.6 Å². The molecule has 11 rings (SSSR count). The van der Waals surface area contributed by atoms with E-state index in [1.807, 2.05) is 144 Å². The van der Waals surface area contributed by atoms with Gasteiger partial charge in [-0.1, -0.05) is 47.3 Å². The lowest BCUT2D eigenvalue weighted by Crippen LogP contribution is -2.27. The molecule has 0 aliphatic heterocycles. The number of carbonyl (C=O) groups excluding carboxylic acids is 3. The molecule has 0 radical (unpaired) electrons. The van der Waals surface area contributed by atoms with Gasteiger partial charge in [-0.15, -0.1) is 30.6 Å². The minimum Gasteiger partial charge on any atom is -0.496 e. The summed E-state index contributed by atoms with van der Waals surface area (Å²) in [5.74, 6) is 7.03. The number of hydrogen-bond acceptors (Lipinski definition) is 24. The number of aryl methyl sites for hydroxylation is 3. The Labute approximate surface area is 601 Å². The van der Waals surface area contributed by atoms with Gasteiger partial charge < -0.3 is 68.5 Å². The first-order valence-electron chi connectivity index (χ1n) is 31.7. The Balaban J connectivity index is 0.000000246. The number of aromatic nitrogens is 11. The summed E-state index contributed by atoms with van der Waals surface area (Å²) >= 11 is 0. The van der Waals surface area contributed by atoms with Crippen LogP contribution in [0.4, 0.5) is 26.7 Å². The van der Waals surface area contributed by atoms with Crippen molar-refractivity contribution in [1.29, 1.82) is 0 Å². The maximum atomic E-state index is 12.3. The van der Waals surface area contributed by atoms with E-state index in [0.29, 0.717) is 52.9 Å². The number of nitrogens with one attached hydrogen (secondary N) is 1. The van der Waals surface area contributed by atoms with Crippen molar-refractivity contribution in [2.24, 2.45) is 4.99 Å². The Bertz CT molecular complexity index is 4530. The number of benzene rings is 3. The molecule has 0 bridgehead atoms. The first-order chi connectivity index (χ1) is 48.4. The largest absolute Gasteiger partial charge is 0.522 e. The van der Waals surface area contributed by atoms with E-state index in [0.717, 1.165) is 103 Å². The molecule has 29 nitrogen and oxygen atoms in total. The van der Waals surface area contributed by atoms with Crippen LogP contribution in [0.25, 0.3) is 50.3 Å². The Morgan fingerprint density at radius 3 is 1.17 bits per heavy atom. The van der Waals surface area contributed by atoms with Crippen LogP contribution in [-0.2, 0) is 24.4 Å². The van der Waals surface area contributed by atoms with Gasteiger partial charge in [0, 0.05) is 93.5 Å². The van der Waals surface area contributed by atoms with Gasteiger partial charge in [0.05, 0.1) is 70.7 Å². The molecule has 0 saturated heterocycles. The number of isocyanates is 1. The Morgan fingerprint density at radius 1 is 0.485 bits per heavy atom. The van der Waals surface area contributed by atoms with Crippen molar-refractivity contribution >= 4 is 52.3 Å². The third-order valence-electron chi connectivity index (χ3n) is 14.7. The predicted molar refractivity (Wildman–Crippen MR) is 400 cm³/mol. The smallest absolute Gasteiger partial charge is 0.496 e. The second kappa shape index (κ2) is 38.7. The number of amides is 2. The van der Waals surface area contributed by atoms with Gasteiger partial charge in [-0.25, -0.2) is 24.4 Å². The molecule has 0 unspecified atom stereocenters. The summed E-state index contributed by atoms with van der Waals surface area (Å²) in [6.07, 6.45) is 10.8. The number of fused-ring (bicyclic) bond motifs is 3. The second-order valence-electron chi connectivity index (χ2n) is 23.6. The number of hydrogen-bond donors (Lipinski definition) is 2. The molecule has 548 valence electrons. The fourth-order valence-electron chi connectivity index (χ4n) is 10.1. The first kappa shape index (κ1) is 81.9. The summed E-state index contributed by atoms with van der Waals surface area (Å²) in [5, 5.41) is 27.6. The Hall–Kier alpha value is -11.8. The topological polar surface area (TPSA) is 305 Å². The van der Waals surface area contributed by atoms with Gasteiger partial charge in [-0.05, 0) is 146 Å². The molecule has 0 aliphatic carbocycles. The molecular formula is C74H96N18O11. The molecule has 0 saturated carbocycles. The summed E-state index contributed by atoms with van der Waals surface area (Å²) in [7, 11) is 25.2. The summed E-state index contributed by atoms with van der Waals surface area (Å²) in [6.45, 7) is 11.9. The van der Waals surface area contributed by atoms with Crippen LogP contribution in [-0.4, -0.2) is 191 Å². The maximum Gasteiger partial charge on any atom is 0.522 e. The highest BCUT2D eigenvalue weighted by Gasteiger charge is 2.22. The number of rotatable bonds is 19. The van der Waals surface area contributed by atoms with Crippen LogP contribution in [0, 0.1) is 20.8 Å². The number of aliphatic imine (C=N–C) groups is 1. The molecule has 8 aromatic heterocycles. The summed E-state index contributed by atoms with van der Waals surface area (Å²) in [5.41, 5.74) is 17.7.